The van der Waals surface area contributed by atoms with Gasteiger partial charge in [0.05, 0.1) is 23.6 Å². The van der Waals surface area contributed by atoms with E-state index in [9.17, 15) is 14.7 Å². The average Bonchev–Trinajstić information content (AvgIpc) is 2.92. The minimum atomic E-state index is -0.633. The van der Waals surface area contributed by atoms with Crippen molar-refractivity contribution in [2.75, 3.05) is 20.3 Å². The number of hydrogen-bond acceptors (Lipinski definition) is 5. The summed E-state index contributed by atoms with van der Waals surface area (Å²) in [6, 6.07) is 9.67. The standard InChI is InChI=1S/C22H21NO5/c1-12-9-13(2)17-16(10-12)28-21-18(20(17)25)19(14-5-4-6-15(24)11-14)23(22(21)26)7-8-27-3/h4-6,9-11,19,24H,7-8H2,1-3H3/t19-/m0/s1. The Morgan fingerprint density at radius 3 is 2.68 bits per heavy atom. The number of fused-ring (bicyclic) bond motifs is 2. The van der Waals surface area contributed by atoms with E-state index in [1.807, 2.05) is 19.9 Å². The van der Waals surface area contributed by atoms with Crippen molar-refractivity contribution in [1.82, 2.24) is 4.90 Å². The van der Waals surface area contributed by atoms with Gasteiger partial charge in [0.25, 0.3) is 5.91 Å². The first-order valence-corrected chi connectivity index (χ1v) is 9.09. The second-order valence-electron chi connectivity index (χ2n) is 7.12. The summed E-state index contributed by atoms with van der Waals surface area (Å²) in [5.41, 5.74) is 2.93. The fourth-order valence-corrected chi connectivity index (χ4v) is 3.98. The second-order valence-corrected chi connectivity index (χ2v) is 7.12. The van der Waals surface area contributed by atoms with Gasteiger partial charge in [-0.15, -0.1) is 0 Å². The van der Waals surface area contributed by atoms with Crippen LogP contribution in [0.15, 0.2) is 45.6 Å². The molecule has 0 saturated heterocycles. The number of phenolic OH excluding ortho intramolecular Hbond substituents is 1. The summed E-state index contributed by atoms with van der Waals surface area (Å²) in [5.74, 6) is -0.215. The van der Waals surface area contributed by atoms with E-state index in [1.54, 1.807) is 42.3 Å². The van der Waals surface area contributed by atoms with E-state index in [0.29, 0.717) is 35.2 Å². The molecular weight excluding hydrogens is 358 g/mol. The molecule has 144 valence electrons. The molecule has 2 aromatic carbocycles. The Bertz CT molecular complexity index is 1150. The van der Waals surface area contributed by atoms with E-state index in [1.165, 1.54) is 0 Å². The highest BCUT2D eigenvalue weighted by molar-refractivity contribution is 5.99. The van der Waals surface area contributed by atoms with Crippen molar-refractivity contribution in [2.24, 2.45) is 0 Å². The second kappa shape index (κ2) is 6.80. The van der Waals surface area contributed by atoms with Gasteiger partial charge in [-0.1, -0.05) is 18.2 Å². The van der Waals surface area contributed by atoms with Crippen molar-refractivity contribution < 1.29 is 19.1 Å². The van der Waals surface area contributed by atoms with Crippen LogP contribution in [0.4, 0.5) is 0 Å². The number of methoxy groups -OCH3 is 1. The zero-order chi connectivity index (χ0) is 20.0. The molecule has 2 heterocycles. The topological polar surface area (TPSA) is 80.0 Å². The molecule has 0 aliphatic carbocycles. The molecule has 3 aromatic rings. The Balaban J connectivity index is 2.01. The number of benzene rings is 2. The van der Waals surface area contributed by atoms with Crippen LogP contribution in [0.1, 0.15) is 38.9 Å². The smallest absolute Gasteiger partial charge is 0.290 e. The van der Waals surface area contributed by atoms with Gasteiger partial charge in [0, 0.05) is 13.7 Å². The fraction of sp³-hybridized carbons (Fsp3) is 0.273. The monoisotopic (exact) mass is 379 g/mol. The molecule has 4 rings (SSSR count). The van der Waals surface area contributed by atoms with Gasteiger partial charge in [-0.2, -0.15) is 0 Å². The third kappa shape index (κ3) is 2.77. The van der Waals surface area contributed by atoms with E-state index in [2.05, 4.69) is 0 Å². The van der Waals surface area contributed by atoms with Crippen LogP contribution in [0.25, 0.3) is 11.0 Å². The van der Waals surface area contributed by atoms with Crippen molar-refractivity contribution in [3.63, 3.8) is 0 Å². The maximum absolute atomic E-state index is 13.5. The Morgan fingerprint density at radius 1 is 1.18 bits per heavy atom. The quantitative estimate of drug-likeness (QED) is 0.752. The van der Waals surface area contributed by atoms with Crippen LogP contribution in [-0.2, 0) is 4.74 Å². The molecule has 1 N–H and O–H groups in total. The third-order valence-electron chi connectivity index (χ3n) is 5.13. The van der Waals surface area contributed by atoms with Crippen molar-refractivity contribution in [3.05, 3.63) is 74.6 Å². The first kappa shape index (κ1) is 18.3. The van der Waals surface area contributed by atoms with Gasteiger partial charge in [-0.05, 0) is 48.7 Å². The Labute approximate surface area is 162 Å². The van der Waals surface area contributed by atoms with Gasteiger partial charge >= 0.3 is 0 Å². The lowest BCUT2D eigenvalue weighted by atomic mass is 9.97. The van der Waals surface area contributed by atoms with E-state index in [4.69, 9.17) is 9.15 Å². The number of amides is 1. The predicted octanol–water partition coefficient (Wildman–Crippen LogP) is 3.31. The molecule has 0 radical (unpaired) electrons. The molecule has 6 heteroatoms. The van der Waals surface area contributed by atoms with Crippen LogP contribution in [-0.4, -0.2) is 36.2 Å². The lowest BCUT2D eigenvalue weighted by Crippen LogP contribution is -2.32. The van der Waals surface area contributed by atoms with E-state index >= 15 is 0 Å². The van der Waals surface area contributed by atoms with Crippen LogP contribution >= 0.6 is 0 Å². The van der Waals surface area contributed by atoms with Crippen LogP contribution in [0, 0.1) is 13.8 Å². The molecule has 1 aromatic heterocycles. The largest absolute Gasteiger partial charge is 0.508 e. The van der Waals surface area contributed by atoms with Crippen molar-refractivity contribution in [1.29, 1.82) is 0 Å². The number of ether oxygens (including phenoxy) is 1. The summed E-state index contributed by atoms with van der Waals surface area (Å²) in [5, 5.41) is 10.4. The number of aromatic hydroxyl groups is 1. The highest BCUT2D eigenvalue weighted by atomic mass is 16.5. The van der Waals surface area contributed by atoms with Crippen molar-refractivity contribution >= 4 is 16.9 Å². The zero-order valence-electron chi connectivity index (χ0n) is 16.0. The summed E-state index contributed by atoms with van der Waals surface area (Å²) < 4.78 is 11.1. The molecule has 1 aliphatic rings. The average molecular weight is 379 g/mol. The minimum absolute atomic E-state index is 0.0620. The summed E-state index contributed by atoms with van der Waals surface area (Å²) >= 11 is 0. The van der Waals surface area contributed by atoms with Gasteiger partial charge < -0.3 is 19.2 Å². The minimum Gasteiger partial charge on any atom is -0.508 e. The molecule has 1 amide bonds. The lowest BCUT2D eigenvalue weighted by molar-refractivity contribution is 0.0663. The molecule has 1 atom stereocenters. The number of hydrogen-bond donors (Lipinski definition) is 1. The van der Waals surface area contributed by atoms with Crippen LogP contribution < -0.4 is 5.43 Å². The first-order valence-electron chi connectivity index (χ1n) is 9.09. The zero-order valence-corrected chi connectivity index (χ0v) is 16.0. The molecule has 1 aliphatic heterocycles. The molecule has 28 heavy (non-hydrogen) atoms. The van der Waals surface area contributed by atoms with Gasteiger partial charge in [0.2, 0.25) is 5.76 Å². The molecule has 0 bridgehead atoms. The highest BCUT2D eigenvalue weighted by Crippen LogP contribution is 2.39. The van der Waals surface area contributed by atoms with E-state index < -0.39 is 6.04 Å². The SMILES string of the molecule is COCCN1C(=O)c2oc3cc(C)cc(C)c3c(=O)c2[C@@H]1c1cccc(O)c1. The van der Waals surface area contributed by atoms with Gasteiger partial charge in [-0.3, -0.25) is 9.59 Å². The maximum atomic E-state index is 13.5. The van der Waals surface area contributed by atoms with Crippen LogP contribution in [0.2, 0.25) is 0 Å². The lowest BCUT2D eigenvalue weighted by Gasteiger charge is -2.24. The highest BCUT2D eigenvalue weighted by Gasteiger charge is 2.42. The van der Waals surface area contributed by atoms with Gasteiger partial charge in [0.1, 0.15) is 11.3 Å². The fourth-order valence-electron chi connectivity index (χ4n) is 3.98. The number of nitrogens with zero attached hydrogens (tertiary/aromatic N) is 1. The van der Waals surface area contributed by atoms with Crippen LogP contribution in [0.3, 0.4) is 0 Å². The molecule has 0 saturated carbocycles. The molecule has 0 fully saturated rings. The summed E-state index contributed by atoms with van der Waals surface area (Å²) in [4.78, 5) is 28.1. The van der Waals surface area contributed by atoms with Gasteiger partial charge in [0.15, 0.2) is 5.43 Å². The van der Waals surface area contributed by atoms with Crippen molar-refractivity contribution in [2.45, 2.75) is 19.9 Å². The number of rotatable bonds is 4. The predicted molar refractivity (Wildman–Crippen MR) is 105 cm³/mol. The third-order valence-corrected chi connectivity index (χ3v) is 5.13. The van der Waals surface area contributed by atoms with Gasteiger partial charge in [-0.25, -0.2) is 0 Å². The maximum Gasteiger partial charge on any atom is 0.290 e. The Kier molecular flexibility index (Phi) is 4.43. The summed E-state index contributed by atoms with van der Waals surface area (Å²) in [7, 11) is 1.56. The number of carbonyl (C=O) groups is 1. The van der Waals surface area contributed by atoms with E-state index in [0.717, 1.165) is 11.1 Å². The summed E-state index contributed by atoms with van der Waals surface area (Å²) in [6.45, 7) is 4.40. The molecule has 0 spiro atoms. The molecule has 6 nitrogen and oxygen atoms in total. The normalized spacial score (nSPS) is 16.0. The molecular formula is C22H21NO5. The number of aryl methyl sites for hydroxylation is 2. The van der Waals surface area contributed by atoms with Crippen LogP contribution in [0.5, 0.6) is 5.75 Å². The number of phenols is 1. The molecule has 0 unspecified atom stereocenters. The number of carbonyl (C=O) groups excluding carboxylic acids is 1. The van der Waals surface area contributed by atoms with Crippen molar-refractivity contribution in [3.8, 4) is 5.75 Å². The summed E-state index contributed by atoms with van der Waals surface area (Å²) in [6.07, 6.45) is 0. The first-order chi connectivity index (χ1) is 13.4. The Hall–Kier alpha value is -3.12. The Morgan fingerprint density at radius 2 is 1.96 bits per heavy atom. The van der Waals surface area contributed by atoms with E-state index in [-0.39, 0.29) is 22.8 Å².